The standard InChI is InChI=1S/C18H27N3O6S3/c1-4-10(7-28)13(22)19-16(25)20(14(23)11(5-2)8-29)18(27)21(17(19)26)15(24)12(6-3)9-30/h10-12,28-30H,4-9H2,1-3H3. The third-order valence-corrected chi connectivity index (χ3v) is 6.32. The molecule has 168 valence electrons. The van der Waals surface area contributed by atoms with Gasteiger partial charge in [-0.25, -0.2) is 14.4 Å². The van der Waals surface area contributed by atoms with Gasteiger partial charge in [0.25, 0.3) is 0 Å². The lowest BCUT2D eigenvalue weighted by molar-refractivity contribution is 0.0773. The van der Waals surface area contributed by atoms with Crippen molar-refractivity contribution in [2.24, 2.45) is 17.8 Å². The second-order valence-corrected chi connectivity index (χ2v) is 7.83. The van der Waals surface area contributed by atoms with Gasteiger partial charge in [-0.15, -0.1) is 0 Å². The fourth-order valence-electron chi connectivity index (χ4n) is 2.80. The number of thiol groups is 3. The van der Waals surface area contributed by atoms with Crippen LogP contribution in [0.5, 0.6) is 0 Å². The second-order valence-electron chi connectivity index (χ2n) is 6.73. The fourth-order valence-corrected chi connectivity index (χ4v) is 4.05. The van der Waals surface area contributed by atoms with Gasteiger partial charge < -0.3 is 0 Å². The molecule has 0 radical (unpaired) electrons. The normalized spacial score (nSPS) is 14.2. The quantitative estimate of drug-likeness (QED) is 0.456. The molecule has 12 heteroatoms. The van der Waals surface area contributed by atoms with Crippen molar-refractivity contribution in [2.45, 2.75) is 40.0 Å². The molecule has 1 aromatic rings. The predicted octanol–water partition coefficient (Wildman–Crippen LogP) is 0.960. The monoisotopic (exact) mass is 477 g/mol. The molecule has 9 nitrogen and oxygen atoms in total. The summed E-state index contributed by atoms with van der Waals surface area (Å²) in [4.78, 5) is 77.4. The third-order valence-electron chi connectivity index (χ3n) is 5.00. The molecule has 0 bridgehead atoms. The highest BCUT2D eigenvalue weighted by atomic mass is 32.1. The molecule has 0 fully saturated rings. The first-order valence-corrected chi connectivity index (χ1v) is 11.5. The Kier molecular flexibility index (Phi) is 10.4. The van der Waals surface area contributed by atoms with E-state index in [4.69, 9.17) is 0 Å². The molecule has 0 amide bonds. The maximum Gasteiger partial charge on any atom is 0.350 e. The number of aromatic nitrogens is 3. The lowest BCUT2D eigenvalue weighted by Crippen LogP contribution is -2.61. The molecule has 3 unspecified atom stereocenters. The largest absolute Gasteiger partial charge is 0.350 e. The number of nitrogens with zero attached hydrogens (tertiary/aromatic N) is 3. The van der Waals surface area contributed by atoms with Crippen LogP contribution in [0.2, 0.25) is 0 Å². The molecule has 30 heavy (non-hydrogen) atoms. The first kappa shape index (κ1) is 26.5. The highest BCUT2D eigenvalue weighted by Crippen LogP contribution is 2.09. The van der Waals surface area contributed by atoms with Gasteiger partial charge in [-0.3, -0.25) is 14.4 Å². The zero-order chi connectivity index (χ0) is 23.2. The molecule has 0 aliphatic heterocycles. The van der Waals surface area contributed by atoms with Crippen LogP contribution in [-0.2, 0) is 0 Å². The first-order valence-electron chi connectivity index (χ1n) is 9.62. The van der Waals surface area contributed by atoms with E-state index in [1.54, 1.807) is 20.8 Å². The molecule has 0 N–H and O–H groups in total. The van der Waals surface area contributed by atoms with Crippen LogP contribution in [0.15, 0.2) is 14.4 Å². The topological polar surface area (TPSA) is 117 Å². The Labute approximate surface area is 190 Å². The molecule has 1 aromatic heterocycles. The highest BCUT2D eigenvalue weighted by Gasteiger charge is 2.32. The Bertz CT molecular complexity index is 815. The molecule has 1 rings (SSSR count). The Hall–Kier alpha value is -1.53. The number of carbonyl (C=O) groups is 3. The Balaban J connectivity index is 4.05. The van der Waals surface area contributed by atoms with E-state index < -0.39 is 52.5 Å². The minimum atomic E-state index is -1.39. The predicted molar refractivity (Wildman–Crippen MR) is 124 cm³/mol. The zero-order valence-corrected chi connectivity index (χ0v) is 19.8. The van der Waals surface area contributed by atoms with Crippen LogP contribution in [0.4, 0.5) is 0 Å². The molecule has 0 saturated carbocycles. The van der Waals surface area contributed by atoms with E-state index in [9.17, 15) is 28.8 Å². The lowest BCUT2D eigenvalue weighted by Gasteiger charge is -2.18. The number of hydrogen-bond acceptors (Lipinski definition) is 9. The molecular formula is C18H27N3O6S3. The van der Waals surface area contributed by atoms with Crippen molar-refractivity contribution in [3.63, 3.8) is 0 Å². The van der Waals surface area contributed by atoms with Crippen molar-refractivity contribution >= 4 is 55.6 Å². The van der Waals surface area contributed by atoms with E-state index >= 15 is 0 Å². The molecule has 1 heterocycles. The van der Waals surface area contributed by atoms with Crippen molar-refractivity contribution in [2.75, 3.05) is 17.3 Å². The first-order chi connectivity index (χ1) is 14.2. The third kappa shape index (κ3) is 5.02. The molecule has 0 saturated heterocycles. The summed E-state index contributed by atoms with van der Waals surface area (Å²) in [6.07, 6.45) is 0.785. The van der Waals surface area contributed by atoms with Gasteiger partial charge in [-0.05, 0) is 19.3 Å². The number of rotatable bonds is 9. The van der Waals surface area contributed by atoms with Crippen LogP contribution in [0.1, 0.15) is 54.4 Å². The van der Waals surface area contributed by atoms with E-state index in [2.05, 4.69) is 37.9 Å². The maximum absolute atomic E-state index is 12.9. The van der Waals surface area contributed by atoms with E-state index in [0.717, 1.165) is 0 Å². The minimum absolute atomic E-state index is 0.0324. The summed E-state index contributed by atoms with van der Waals surface area (Å²) in [6, 6.07) is 0. The SMILES string of the molecule is CCC(CS)C(=O)n1c(=O)n(C(=O)C(CC)CS)c(=O)n(C(=O)C(CC)CS)c1=O. The minimum Gasteiger partial charge on any atom is -0.273 e. The molecule has 0 aliphatic rings. The highest BCUT2D eigenvalue weighted by molar-refractivity contribution is 7.80. The second kappa shape index (κ2) is 11.8. The van der Waals surface area contributed by atoms with Crippen LogP contribution < -0.4 is 17.1 Å². The van der Waals surface area contributed by atoms with Gasteiger partial charge >= 0.3 is 17.1 Å². The zero-order valence-electron chi connectivity index (χ0n) is 17.1. The van der Waals surface area contributed by atoms with Gasteiger partial charge in [0.1, 0.15) is 0 Å². The summed E-state index contributed by atoms with van der Waals surface area (Å²) in [7, 11) is 0. The van der Waals surface area contributed by atoms with Crippen molar-refractivity contribution < 1.29 is 14.4 Å². The Morgan fingerprint density at radius 3 is 0.933 bits per heavy atom. The van der Waals surface area contributed by atoms with Crippen LogP contribution in [0, 0.1) is 17.8 Å². The van der Waals surface area contributed by atoms with Gasteiger partial charge in [0.2, 0.25) is 17.7 Å². The fraction of sp³-hybridized carbons (Fsp3) is 0.667. The summed E-state index contributed by atoms with van der Waals surface area (Å²) < 4.78 is 0.578. The van der Waals surface area contributed by atoms with E-state index in [-0.39, 0.29) is 50.2 Å². The molecular weight excluding hydrogens is 450 g/mol. The van der Waals surface area contributed by atoms with E-state index in [1.165, 1.54) is 0 Å². The maximum atomic E-state index is 12.9. The Morgan fingerprint density at radius 2 is 0.800 bits per heavy atom. The lowest BCUT2D eigenvalue weighted by atomic mass is 10.1. The van der Waals surface area contributed by atoms with E-state index in [0.29, 0.717) is 0 Å². The summed E-state index contributed by atoms with van der Waals surface area (Å²) in [5, 5.41) is 0. The van der Waals surface area contributed by atoms with Gasteiger partial charge in [0.15, 0.2) is 0 Å². The van der Waals surface area contributed by atoms with E-state index in [1.807, 2.05) is 0 Å². The summed E-state index contributed by atoms with van der Waals surface area (Å²) in [6.45, 7) is 4.99. The van der Waals surface area contributed by atoms with Crippen molar-refractivity contribution in [3.8, 4) is 0 Å². The van der Waals surface area contributed by atoms with Crippen molar-refractivity contribution in [1.29, 1.82) is 0 Å². The smallest absolute Gasteiger partial charge is 0.273 e. The van der Waals surface area contributed by atoms with Crippen LogP contribution in [-0.4, -0.2) is 48.7 Å². The summed E-state index contributed by atoms with van der Waals surface area (Å²) in [5.41, 5.74) is -4.16. The average Bonchev–Trinajstić information content (AvgIpc) is 2.70. The average molecular weight is 478 g/mol. The molecule has 0 aromatic carbocycles. The molecule has 0 aliphatic carbocycles. The Morgan fingerprint density at radius 1 is 0.600 bits per heavy atom. The van der Waals surface area contributed by atoms with Gasteiger partial charge in [-0.1, -0.05) is 20.8 Å². The van der Waals surface area contributed by atoms with Crippen LogP contribution in [0.3, 0.4) is 0 Å². The summed E-state index contributed by atoms with van der Waals surface area (Å²) in [5.74, 6) is -5.14. The van der Waals surface area contributed by atoms with Crippen molar-refractivity contribution in [3.05, 3.63) is 31.5 Å². The van der Waals surface area contributed by atoms with Crippen LogP contribution in [0.25, 0.3) is 0 Å². The van der Waals surface area contributed by atoms with Gasteiger partial charge in [-0.2, -0.15) is 51.6 Å². The summed E-state index contributed by atoms with van der Waals surface area (Å²) >= 11 is 12.2. The van der Waals surface area contributed by atoms with Crippen LogP contribution >= 0.6 is 37.9 Å². The van der Waals surface area contributed by atoms with Gasteiger partial charge in [0, 0.05) is 35.0 Å². The van der Waals surface area contributed by atoms with Crippen molar-refractivity contribution in [1.82, 2.24) is 13.7 Å². The van der Waals surface area contributed by atoms with Gasteiger partial charge in [0.05, 0.1) is 0 Å². The number of hydrogen-bond donors (Lipinski definition) is 3. The number of carbonyl (C=O) groups excluding carboxylic acids is 3. The molecule has 0 spiro atoms. The molecule has 3 atom stereocenters.